The Morgan fingerprint density at radius 3 is 2.62 bits per heavy atom. The minimum atomic E-state index is 0.179. The summed E-state index contributed by atoms with van der Waals surface area (Å²) in [5.74, 6) is 0.973. The van der Waals surface area contributed by atoms with Gasteiger partial charge in [0.25, 0.3) is 0 Å². The van der Waals surface area contributed by atoms with E-state index in [0.29, 0.717) is 0 Å². The molecule has 0 radical (unpaired) electrons. The highest BCUT2D eigenvalue weighted by Gasteiger charge is 2.13. The third kappa shape index (κ3) is 5.87. The molecular formula is C12H19BrN2S. The predicted octanol–water partition coefficient (Wildman–Crippen LogP) is 3.25. The van der Waals surface area contributed by atoms with E-state index in [2.05, 4.69) is 41.7 Å². The normalized spacial score (nSPS) is 13.8. The van der Waals surface area contributed by atoms with Gasteiger partial charge in [0.05, 0.1) is 0 Å². The van der Waals surface area contributed by atoms with Crippen LogP contribution in [0.15, 0.2) is 22.8 Å². The van der Waals surface area contributed by atoms with E-state index < -0.39 is 0 Å². The Balaban J connectivity index is 2.39. The maximum atomic E-state index is 6.08. The van der Waals surface area contributed by atoms with Crippen molar-refractivity contribution in [3.05, 3.63) is 28.5 Å². The zero-order chi connectivity index (χ0) is 12.2. The van der Waals surface area contributed by atoms with E-state index >= 15 is 0 Å². The summed E-state index contributed by atoms with van der Waals surface area (Å²) in [7, 11) is 0. The van der Waals surface area contributed by atoms with Crippen molar-refractivity contribution in [1.29, 1.82) is 0 Å². The van der Waals surface area contributed by atoms with Gasteiger partial charge in [-0.25, -0.2) is 0 Å². The molecule has 2 N–H and O–H groups in total. The van der Waals surface area contributed by atoms with E-state index in [1.54, 1.807) is 0 Å². The minimum Gasteiger partial charge on any atom is -0.327 e. The Morgan fingerprint density at radius 2 is 2.12 bits per heavy atom. The molecule has 0 aliphatic carbocycles. The van der Waals surface area contributed by atoms with Gasteiger partial charge in [0, 0.05) is 39.3 Å². The van der Waals surface area contributed by atoms with Gasteiger partial charge in [0.2, 0.25) is 0 Å². The van der Waals surface area contributed by atoms with Crippen LogP contribution in [0.2, 0.25) is 0 Å². The fraction of sp³-hybridized carbons (Fsp3) is 0.583. The summed E-state index contributed by atoms with van der Waals surface area (Å²) in [5, 5.41) is 0. The molecule has 1 rings (SSSR count). The lowest BCUT2D eigenvalue weighted by Crippen LogP contribution is -2.28. The molecule has 1 atom stereocenters. The predicted molar refractivity (Wildman–Crippen MR) is 75.8 cm³/mol. The molecule has 0 aromatic carbocycles. The number of pyridine rings is 1. The standard InChI is InChI=1S/C12H19BrN2S/c1-12(2,3)16-8-10(14)6-11-5-4-9(13)7-15-11/h4-5,7,10H,6,8,14H2,1-3H3. The van der Waals surface area contributed by atoms with E-state index in [0.717, 1.165) is 22.3 Å². The Hall–Kier alpha value is -0.0600. The van der Waals surface area contributed by atoms with Gasteiger partial charge >= 0.3 is 0 Å². The average Bonchev–Trinajstić information content (AvgIpc) is 2.18. The van der Waals surface area contributed by atoms with Gasteiger partial charge in [0.15, 0.2) is 0 Å². The number of nitrogens with two attached hydrogens (primary N) is 1. The SMILES string of the molecule is CC(C)(C)SCC(N)Cc1ccc(Br)cn1. The molecule has 0 aliphatic heterocycles. The van der Waals surface area contributed by atoms with E-state index in [1.165, 1.54) is 0 Å². The fourth-order valence-corrected chi connectivity index (χ4v) is 2.28. The van der Waals surface area contributed by atoms with Crippen LogP contribution in [-0.4, -0.2) is 21.5 Å². The van der Waals surface area contributed by atoms with Crippen LogP contribution in [-0.2, 0) is 6.42 Å². The van der Waals surface area contributed by atoms with E-state index in [9.17, 15) is 0 Å². The molecule has 1 unspecified atom stereocenters. The molecule has 0 bridgehead atoms. The fourth-order valence-electron chi connectivity index (χ4n) is 1.21. The van der Waals surface area contributed by atoms with Gasteiger partial charge in [0.1, 0.15) is 0 Å². The van der Waals surface area contributed by atoms with Crippen LogP contribution in [0.3, 0.4) is 0 Å². The van der Waals surface area contributed by atoms with E-state index in [1.807, 2.05) is 30.1 Å². The molecule has 0 saturated carbocycles. The highest BCUT2D eigenvalue weighted by molar-refractivity contribution is 9.10. The van der Waals surface area contributed by atoms with Crippen LogP contribution in [0.5, 0.6) is 0 Å². The van der Waals surface area contributed by atoms with Crippen molar-refractivity contribution in [3.63, 3.8) is 0 Å². The second-order valence-electron chi connectivity index (χ2n) is 4.86. The monoisotopic (exact) mass is 302 g/mol. The highest BCUT2D eigenvalue weighted by atomic mass is 79.9. The number of halogens is 1. The largest absolute Gasteiger partial charge is 0.327 e. The van der Waals surface area contributed by atoms with Crippen molar-refractivity contribution in [3.8, 4) is 0 Å². The summed E-state index contributed by atoms with van der Waals surface area (Å²) < 4.78 is 1.29. The number of thioether (sulfide) groups is 1. The first-order valence-electron chi connectivity index (χ1n) is 5.37. The zero-order valence-corrected chi connectivity index (χ0v) is 12.4. The lowest BCUT2D eigenvalue weighted by molar-refractivity contribution is 0.720. The maximum Gasteiger partial charge on any atom is 0.0420 e. The Kier molecular flexibility index (Phi) is 5.28. The Bertz CT molecular complexity index is 319. The summed E-state index contributed by atoms with van der Waals surface area (Å²) in [5.41, 5.74) is 7.14. The van der Waals surface area contributed by atoms with Gasteiger partial charge in [-0.3, -0.25) is 4.98 Å². The van der Waals surface area contributed by atoms with Gasteiger partial charge < -0.3 is 5.73 Å². The smallest absolute Gasteiger partial charge is 0.0420 e. The van der Waals surface area contributed by atoms with Crippen LogP contribution in [0.25, 0.3) is 0 Å². The van der Waals surface area contributed by atoms with Crippen molar-refractivity contribution in [1.82, 2.24) is 4.98 Å². The van der Waals surface area contributed by atoms with Crippen LogP contribution in [0.1, 0.15) is 26.5 Å². The van der Waals surface area contributed by atoms with Crippen LogP contribution in [0, 0.1) is 0 Å². The quantitative estimate of drug-likeness (QED) is 0.928. The first kappa shape index (κ1) is 14.0. The number of aromatic nitrogens is 1. The number of nitrogens with zero attached hydrogens (tertiary/aromatic N) is 1. The second-order valence-corrected chi connectivity index (χ2v) is 7.62. The first-order chi connectivity index (χ1) is 7.37. The summed E-state index contributed by atoms with van der Waals surface area (Å²) in [6.07, 6.45) is 2.66. The Morgan fingerprint density at radius 1 is 1.44 bits per heavy atom. The molecule has 4 heteroatoms. The summed E-state index contributed by atoms with van der Waals surface area (Å²) in [6.45, 7) is 6.63. The summed E-state index contributed by atoms with van der Waals surface area (Å²) in [4.78, 5) is 4.33. The molecule has 1 aromatic rings. The Labute approximate surface area is 111 Å². The van der Waals surface area contributed by atoms with Crippen LogP contribution >= 0.6 is 27.7 Å². The molecule has 0 fully saturated rings. The number of hydrogen-bond acceptors (Lipinski definition) is 3. The molecular weight excluding hydrogens is 284 g/mol. The number of hydrogen-bond donors (Lipinski definition) is 1. The van der Waals surface area contributed by atoms with E-state index in [4.69, 9.17) is 5.73 Å². The van der Waals surface area contributed by atoms with Crippen molar-refractivity contribution in [2.75, 3.05) is 5.75 Å². The molecule has 0 saturated heterocycles. The maximum absolute atomic E-state index is 6.08. The van der Waals surface area contributed by atoms with Crippen molar-refractivity contribution >= 4 is 27.7 Å². The van der Waals surface area contributed by atoms with Gasteiger partial charge in [-0.15, -0.1) is 0 Å². The topological polar surface area (TPSA) is 38.9 Å². The lowest BCUT2D eigenvalue weighted by atomic mass is 10.2. The highest BCUT2D eigenvalue weighted by Crippen LogP contribution is 2.23. The second kappa shape index (κ2) is 6.03. The molecule has 0 spiro atoms. The van der Waals surface area contributed by atoms with E-state index in [-0.39, 0.29) is 10.8 Å². The van der Waals surface area contributed by atoms with Crippen molar-refractivity contribution in [2.24, 2.45) is 5.73 Å². The van der Waals surface area contributed by atoms with Crippen molar-refractivity contribution in [2.45, 2.75) is 38.0 Å². The molecule has 1 aromatic heterocycles. The van der Waals surface area contributed by atoms with Gasteiger partial charge in [-0.2, -0.15) is 11.8 Å². The third-order valence-corrected chi connectivity index (χ3v) is 3.92. The van der Waals surface area contributed by atoms with Gasteiger partial charge in [-0.1, -0.05) is 20.8 Å². The summed E-state index contributed by atoms with van der Waals surface area (Å²) in [6, 6.07) is 4.20. The lowest BCUT2D eigenvalue weighted by Gasteiger charge is -2.20. The van der Waals surface area contributed by atoms with Crippen molar-refractivity contribution < 1.29 is 0 Å². The molecule has 2 nitrogen and oxygen atoms in total. The third-order valence-electron chi connectivity index (χ3n) is 1.99. The zero-order valence-electron chi connectivity index (χ0n) is 10.0. The molecule has 0 amide bonds. The van der Waals surface area contributed by atoms with Crippen LogP contribution in [0.4, 0.5) is 0 Å². The minimum absolute atomic E-state index is 0.179. The molecule has 1 heterocycles. The molecule has 90 valence electrons. The first-order valence-corrected chi connectivity index (χ1v) is 7.14. The number of rotatable bonds is 4. The summed E-state index contributed by atoms with van der Waals surface area (Å²) >= 11 is 5.27. The van der Waals surface area contributed by atoms with Gasteiger partial charge in [-0.05, 0) is 28.1 Å². The van der Waals surface area contributed by atoms with Crippen LogP contribution < -0.4 is 5.73 Å². The molecule has 0 aliphatic rings. The molecule has 16 heavy (non-hydrogen) atoms. The average molecular weight is 303 g/mol.